The minimum absolute atomic E-state index is 0.118. The van der Waals surface area contributed by atoms with Crippen molar-refractivity contribution in [2.75, 3.05) is 7.11 Å². The summed E-state index contributed by atoms with van der Waals surface area (Å²) in [6, 6.07) is 8.64. The third-order valence-electron chi connectivity index (χ3n) is 2.70. The van der Waals surface area contributed by atoms with E-state index in [1.165, 1.54) is 17.0 Å². The van der Waals surface area contributed by atoms with E-state index in [1.54, 1.807) is 30.6 Å². The fraction of sp³-hybridized carbons (Fsp3) is 0.231. The number of ether oxygens (including phenoxy) is 1. The summed E-state index contributed by atoms with van der Waals surface area (Å²) in [5, 5.41) is 12.5. The molecular formula is C13H12BrNO3S. The lowest BCUT2D eigenvalue weighted by atomic mass is 10.1. The van der Waals surface area contributed by atoms with Gasteiger partial charge in [0.15, 0.2) is 0 Å². The molecule has 0 aliphatic heterocycles. The van der Waals surface area contributed by atoms with Gasteiger partial charge in [-0.25, -0.2) is 0 Å². The number of rotatable bonds is 5. The molecule has 0 saturated carbocycles. The molecule has 6 heteroatoms. The number of nitro groups is 1. The van der Waals surface area contributed by atoms with Gasteiger partial charge in [-0.05, 0) is 18.1 Å². The van der Waals surface area contributed by atoms with E-state index in [0.717, 1.165) is 17.7 Å². The molecule has 1 aromatic heterocycles. The van der Waals surface area contributed by atoms with Crippen molar-refractivity contribution in [3.8, 4) is 5.75 Å². The number of nitrogens with zero attached hydrogens (tertiary/aromatic N) is 1. The molecule has 1 unspecified atom stereocenters. The van der Waals surface area contributed by atoms with E-state index in [4.69, 9.17) is 4.74 Å². The molecule has 4 nitrogen and oxygen atoms in total. The van der Waals surface area contributed by atoms with Gasteiger partial charge in [-0.15, -0.1) is 11.3 Å². The van der Waals surface area contributed by atoms with Gasteiger partial charge in [0.2, 0.25) is 0 Å². The van der Waals surface area contributed by atoms with E-state index >= 15 is 0 Å². The lowest BCUT2D eigenvalue weighted by Crippen LogP contribution is -1.94. The average molecular weight is 342 g/mol. The number of thiophene rings is 1. The van der Waals surface area contributed by atoms with Crippen LogP contribution in [0.15, 0.2) is 35.7 Å². The first-order chi connectivity index (χ1) is 9.10. The zero-order valence-electron chi connectivity index (χ0n) is 10.2. The van der Waals surface area contributed by atoms with Gasteiger partial charge in [-0.2, -0.15) is 0 Å². The molecule has 0 aliphatic carbocycles. The van der Waals surface area contributed by atoms with Crippen LogP contribution in [0.1, 0.15) is 15.3 Å². The maximum Gasteiger partial charge on any atom is 0.269 e. The fourth-order valence-electron chi connectivity index (χ4n) is 1.67. The average Bonchev–Trinajstić information content (AvgIpc) is 2.88. The fourth-order valence-corrected chi connectivity index (χ4v) is 3.33. The lowest BCUT2D eigenvalue weighted by Gasteiger charge is -2.07. The van der Waals surface area contributed by atoms with Crippen molar-refractivity contribution in [2.24, 2.45) is 0 Å². The molecule has 1 atom stereocenters. The maximum absolute atomic E-state index is 10.6. The molecule has 1 aromatic carbocycles. The highest BCUT2D eigenvalue weighted by molar-refractivity contribution is 9.09. The Kier molecular flexibility index (Phi) is 4.55. The molecule has 0 N–H and O–H groups in total. The SMILES string of the molecule is COc1csc(C(Br)Cc2ccc([N+](=O)[O-])cc2)c1. The van der Waals surface area contributed by atoms with Crippen molar-refractivity contribution in [2.45, 2.75) is 11.2 Å². The number of alkyl halides is 1. The number of hydrogen-bond donors (Lipinski definition) is 0. The lowest BCUT2D eigenvalue weighted by molar-refractivity contribution is -0.384. The minimum Gasteiger partial charge on any atom is -0.496 e. The number of hydrogen-bond acceptors (Lipinski definition) is 4. The summed E-state index contributed by atoms with van der Waals surface area (Å²) in [7, 11) is 1.64. The van der Waals surface area contributed by atoms with E-state index in [-0.39, 0.29) is 15.4 Å². The molecule has 0 saturated heterocycles. The van der Waals surface area contributed by atoms with Gasteiger partial charge in [-0.1, -0.05) is 28.1 Å². The molecule has 0 aliphatic rings. The number of benzene rings is 1. The number of halogens is 1. The summed E-state index contributed by atoms with van der Waals surface area (Å²) in [6.45, 7) is 0. The highest BCUT2D eigenvalue weighted by Gasteiger charge is 2.12. The van der Waals surface area contributed by atoms with Crippen molar-refractivity contribution >= 4 is 33.0 Å². The minimum atomic E-state index is -0.389. The van der Waals surface area contributed by atoms with Crippen LogP contribution in [-0.4, -0.2) is 12.0 Å². The highest BCUT2D eigenvalue weighted by Crippen LogP contribution is 2.34. The Hall–Kier alpha value is -1.40. The van der Waals surface area contributed by atoms with Crippen molar-refractivity contribution in [3.05, 3.63) is 56.3 Å². The van der Waals surface area contributed by atoms with Crippen molar-refractivity contribution in [1.82, 2.24) is 0 Å². The van der Waals surface area contributed by atoms with Crippen LogP contribution in [0.4, 0.5) is 5.69 Å². The summed E-state index contributed by atoms with van der Waals surface area (Å²) in [4.78, 5) is 11.5. The van der Waals surface area contributed by atoms with Crippen LogP contribution in [0.3, 0.4) is 0 Å². The first-order valence-electron chi connectivity index (χ1n) is 5.60. The summed E-state index contributed by atoms with van der Waals surface area (Å²) < 4.78 is 5.15. The van der Waals surface area contributed by atoms with Crippen LogP contribution < -0.4 is 4.74 Å². The summed E-state index contributed by atoms with van der Waals surface area (Å²) in [6.07, 6.45) is 0.779. The molecule has 100 valence electrons. The second-order valence-corrected chi connectivity index (χ2v) is 6.03. The standard InChI is InChI=1S/C13H12BrNO3S/c1-18-11-7-13(19-8-11)12(14)6-9-2-4-10(5-3-9)15(16)17/h2-5,7-8,12H,6H2,1H3. The van der Waals surface area contributed by atoms with E-state index in [1.807, 2.05) is 11.4 Å². The van der Waals surface area contributed by atoms with Crippen molar-refractivity contribution < 1.29 is 9.66 Å². The largest absolute Gasteiger partial charge is 0.496 e. The van der Waals surface area contributed by atoms with Crippen molar-refractivity contribution in [3.63, 3.8) is 0 Å². The monoisotopic (exact) mass is 341 g/mol. The van der Waals surface area contributed by atoms with Gasteiger partial charge in [0.25, 0.3) is 5.69 Å². The van der Waals surface area contributed by atoms with Gasteiger partial charge in [0.05, 0.1) is 16.9 Å². The topological polar surface area (TPSA) is 52.4 Å². The third kappa shape index (κ3) is 3.54. The van der Waals surface area contributed by atoms with Crippen LogP contribution in [0.25, 0.3) is 0 Å². The zero-order valence-corrected chi connectivity index (χ0v) is 12.6. The zero-order chi connectivity index (χ0) is 13.8. The van der Waals surface area contributed by atoms with Gasteiger partial charge < -0.3 is 4.74 Å². The molecule has 19 heavy (non-hydrogen) atoms. The number of methoxy groups -OCH3 is 1. The molecular weight excluding hydrogens is 330 g/mol. The third-order valence-corrected chi connectivity index (χ3v) is 4.85. The second kappa shape index (κ2) is 6.16. The Labute approximate surface area is 123 Å². The summed E-state index contributed by atoms with van der Waals surface area (Å²) in [5.41, 5.74) is 1.17. The second-order valence-electron chi connectivity index (χ2n) is 3.98. The first kappa shape index (κ1) is 14.0. The molecule has 0 fully saturated rings. The molecule has 0 spiro atoms. The van der Waals surface area contributed by atoms with Crippen LogP contribution in [-0.2, 0) is 6.42 Å². The predicted octanol–water partition coefficient (Wildman–Crippen LogP) is 4.34. The number of non-ortho nitro benzene ring substituents is 1. The van der Waals surface area contributed by atoms with E-state index in [2.05, 4.69) is 15.9 Å². The summed E-state index contributed by atoms with van der Waals surface area (Å²) >= 11 is 5.26. The Balaban J connectivity index is 2.05. The van der Waals surface area contributed by atoms with Crippen LogP contribution in [0, 0.1) is 10.1 Å². The Morgan fingerprint density at radius 1 is 1.42 bits per heavy atom. The van der Waals surface area contributed by atoms with Crippen LogP contribution in [0.5, 0.6) is 5.75 Å². The molecule has 0 bridgehead atoms. The molecule has 0 radical (unpaired) electrons. The predicted molar refractivity (Wildman–Crippen MR) is 79.3 cm³/mol. The van der Waals surface area contributed by atoms with Crippen molar-refractivity contribution in [1.29, 1.82) is 0 Å². The Bertz CT molecular complexity index is 568. The summed E-state index contributed by atoms with van der Waals surface area (Å²) in [5.74, 6) is 0.855. The molecule has 0 amide bonds. The van der Waals surface area contributed by atoms with Crippen LogP contribution in [0.2, 0.25) is 0 Å². The van der Waals surface area contributed by atoms with Gasteiger partial charge in [-0.3, -0.25) is 10.1 Å². The maximum atomic E-state index is 10.6. The van der Waals surface area contributed by atoms with E-state index in [9.17, 15) is 10.1 Å². The van der Waals surface area contributed by atoms with Gasteiger partial charge in [0.1, 0.15) is 5.75 Å². The van der Waals surface area contributed by atoms with E-state index < -0.39 is 0 Å². The molecule has 2 aromatic rings. The Morgan fingerprint density at radius 2 is 2.11 bits per heavy atom. The first-order valence-corrected chi connectivity index (χ1v) is 7.39. The van der Waals surface area contributed by atoms with Gasteiger partial charge >= 0.3 is 0 Å². The normalized spacial score (nSPS) is 12.1. The van der Waals surface area contributed by atoms with Gasteiger partial charge in [0, 0.05) is 22.4 Å². The smallest absolute Gasteiger partial charge is 0.269 e. The van der Waals surface area contributed by atoms with Crippen LogP contribution >= 0.6 is 27.3 Å². The van der Waals surface area contributed by atoms with E-state index in [0.29, 0.717) is 0 Å². The molecule has 1 heterocycles. The highest BCUT2D eigenvalue weighted by atomic mass is 79.9. The number of nitro benzene ring substituents is 1. The Morgan fingerprint density at radius 3 is 2.63 bits per heavy atom. The molecule has 2 rings (SSSR count). The quantitative estimate of drug-likeness (QED) is 0.461.